The fraction of sp³-hybridized carbons (Fsp3) is 0.588. The van der Waals surface area contributed by atoms with Gasteiger partial charge in [0.25, 0.3) is 0 Å². The third-order valence-electron chi connectivity index (χ3n) is 4.01. The van der Waals surface area contributed by atoms with E-state index in [2.05, 4.69) is 19.2 Å². The number of aliphatic hydroxyl groups excluding tert-OH is 1. The zero-order chi connectivity index (χ0) is 16.1. The molecule has 1 fully saturated rings. The first kappa shape index (κ1) is 16.6. The van der Waals surface area contributed by atoms with Gasteiger partial charge >= 0.3 is 6.03 Å². The number of carbonyl (C=O) groups is 1. The monoisotopic (exact) mass is 306 g/mol. The van der Waals surface area contributed by atoms with E-state index >= 15 is 0 Å². The lowest BCUT2D eigenvalue weighted by Gasteiger charge is -2.28. The number of methoxy groups -OCH3 is 1. The van der Waals surface area contributed by atoms with Gasteiger partial charge in [-0.15, -0.1) is 0 Å². The van der Waals surface area contributed by atoms with E-state index in [1.807, 2.05) is 24.3 Å². The zero-order valence-corrected chi connectivity index (χ0v) is 13.6. The highest BCUT2D eigenvalue weighted by molar-refractivity contribution is 5.75. The molecule has 1 aliphatic rings. The molecule has 22 heavy (non-hydrogen) atoms. The molecule has 0 aromatic heterocycles. The van der Waals surface area contributed by atoms with Crippen LogP contribution in [0.5, 0.6) is 5.75 Å². The molecule has 5 heteroatoms. The molecule has 2 N–H and O–H groups in total. The highest BCUT2D eigenvalue weighted by Gasteiger charge is 2.33. The van der Waals surface area contributed by atoms with E-state index in [4.69, 9.17) is 9.84 Å². The molecule has 1 unspecified atom stereocenters. The van der Waals surface area contributed by atoms with Gasteiger partial charge in [-0.05, 0) is 36.5 Å². The van der Waals surface area contributed by atoms with Crippen LogP contribution in [-0.2, 0) is 0 Å². The van der Waals surface area contributed by atoms with Crippen LogP contribution in [0.2, 0.25) is 0 Å². The third kappa shape index (κ3) is 4.13. The average molecular weight is 306 g/mol. The summed E-state index contributed by atoms with van der Waals surface area (Å²) in [5.74, 6) is 1.07. The van der Waals surface area contributed by atoms with E-state index < -0.39 is 0 Å². The maximum atomic E-state index is 12.5. The molecule has 0 saturated heterocycles. The predicted octanol–water partition coefficient (Wildman–Crippen LogP) is 2.56. The van der Waals surface area contributed by atoms with Crippen LogP contribution in [0.25, 0.3) is 0 Å². The van der Waals surface area contributed by atoms with E-state index in [1.54, 1.807) is 12.0 Å². The van der Waals surface area contributed by atoms with Crippen LogP contribution >= 0.6 is 0 Å². The van der Waals surface area contributed by atoms with Crippen molar-refractivity contribution in [2.24, 2.45) is 5.92 Å². The van der Waals surface area contributed by atoms with Crippen LogP contribution in [-0.4, -0.2) is 42.3 Å². The molecule has 1 aromatic rings. The zero-order valence-electron chi connectivity index (χ0n) is 13.6. The number of nitrogens with zero attached hydrogens (tertiary/aromatic N) is 1. The van der Waals surface area contributed by atoms with Crippen LogP contribution in [0.4, 0.5) is 4.79 Å². The van der Waals surface area contributed by atoms with E-state index in [1.165, 1.54) is 0 Å². The minimum absolute atomic E-state index is 0.00119. The van der Waals surface area contributed by atoms with Gasteiger partial charge in [-0.3, -0.25) is 0 Å². The summed E-state index contributed by atoms with van der Waals surface area (Å²) in [6.07, 6.45) is 2.06. The number of nitrogens with one attached hydrogen (secondary N) is 1. The lowest BCUT2D eigenvalue weighted by Crippen LogP contribution is -2.45. The van der Waals surface area contributed by atoms with Crippen molar-refractivity contribution in [2.75, 3.05) is 20.3 Å². The highest BCUT2D eigenvalue weighted by atomic mass is 16.5. The minimum Gasteiger partial charge on any atom is -0.497 e. The van der Waals surface area contributed by atoms with Gasteiger partial charge in [0.05, 0.1) is 19.8 Å². The van der Waals surface area contributed by atoms with Crippen molar-refractivity contribution in [2.45, 2.75) is 38.8 Å². The number of amides is 2. The molecule has 0 bridgehead atoms. The number of ether oxygens (including phenoxy) is 1. The molecule has 1 aliphatic carbocycles. The van der Waals surface area contributed by atoms with E-state index in [0.717, 1.165) is 24.2 Å². The van der Waals surface area contributed by atoms with Crippen molar-refractivity contribution in [3.63, 3.8) is 0 Å². The van der Waals surface area contributed by atoms with E-state index in [0.29, 0.717) is 6.54 Å². The van der Waals surface area contributed by atoms with Crippen molar-refractivity contribution in [1.82, 2.24) is 10.2 Å². The van der Waals surface area contributed by atoms with Crippen molar-refractivity contribution >= 4 is 6.03 Å². The number of hydrogen-bond acceptors (Lipinski definition) is 3. The summed E-state index contributed by atoms with van der Waals surface area (Å²) < 4.78 is 5.18. The maximum Gasteiger partial charge on any atom is 0.318 e. The Morgan fingerprint density at radius 1 is 1.36 bits per heavy atom. The average Bonchev–Trinajstić information content (AvgIpc) is 3.34. The van der Waals surface area contributed by atoms with Gasteiger partial charge in [-0.2, -0.15) is 0 Å². The number of hydrogen-bond donors (Lipinski definition) is 2. The molecular formula is C17H26N2O3. The summed E-state index contributed by atoms with van der Waals surface area (Å²) in [5, 5.41) is 12.3. The summed E-state index contributed by atoms with van der Waals surface area (Å²) >= 11 is 0. The lowest BCUT2D eigenvalue weighted by atomic mass is 9.96. The van der Waals surface area contributed by atoms with Crippen LogP contribution < -0.4 is 10.1 Å². The third-order valence-corrected chi connectivity index (χ3v) is 4.01. The number of benzene rings is 1. The second kappa shape index (κ2) is 7.49. The predicted molar refractivity (Wildman–Crippen MR) is 85.9 cm³/mol. The Hall–Kier alpha value is -1.75. The highest BCUT2D eigenvalue weighted by Crippen LogP contribution is 2.28. The normalized spacial score (nSPS) is 15.5. The first-order valence-electron chi connectivity index (χ1n) is 7.88. The lowest BCUT2D eigenvalue weighted by molar-refractivity contribution is 0.168. The Kier molecular flexibility index (Phi) is 5.66. The Morgan fingerprint density at radius 3 is 2.45 bits per heavy atom. The van der Waals surface area contributed by atoms with Gasteiger partial charge in [0.15, 0.2) is 0 Å². The topological polar surface area (TPSA) is 61.8 Å². The molecule has 1 aromatic carbocycles. The molecule has 2 amide bonds. The second-order valence-electron chi connectivity index (χ2n) is 6.09. The summed E-state index contributed by atoms with van der Waals surface area (Å²) in [5.41, 5.74) is 1.06. The fourth-order valence-corrected chi connectivity index (χ4v) is 2.61. The molecule has 5 nitrogen and oxygen atoms in total. The van der Waals surface area contributed by atoms with E-state index in [-0.39, 0.29) is 30.6 Å². The molecule has 1 saturated carbocycles. The molecule has 0 radical (unpaired) electrons. The van der Waals surface area contributed by atoms with Crippen LogP contribution in [0.15, 0.2) is 24.3 Å². The van der Waals surface area contributed by atoms with Crippen molar-refractivity contribution in [3.8, 4) is 5.75 Å². The smallest absolute Gasteiger partial charge is 0.318 e. The largest absolute Gasteiger partial charge is 0.497 e. The van der Waals surface area contributed by atoms with Gasteiger partial charge in [-0.25, -0.2) is 4.79 Å². The number of rotatable bonds is 7. The molecule has 0 heterocycles. The maximum absolute atomic E-state index is 12.5. The summed E-state index contributed by atoms with van der Waals surface area (Å²) in [7, 11) is 1.64. The van der Waals surface area contributed by atoms with Crippen molar-refractivity contribution in [3.05, 3.63) is 29.8 Å². The van der Waals surface area contributed by atoms with Gasteiger partial charge in [0.1, 0.15) is 5.75 Å². The fourth-order valence-electron chi connectivity index (χ4n) is 2.61. The summed E-state index contributed by atoms with van der Waals surface area (Å²) in [4.78, 5) is 14.3. The molecular weight excluding hydrogens is 280 g/mol. The van der Waals surface area contributed by atoms with Crippen LogP contribution in [0.3, 0.4) is 0 Å². The summed E-state index contributed by atoms with van der Waals surface area (Å²) in [6.45, 7) is 4.56. The standard InChI is InChI=1S/C17H26N2O3/c1-12(2)16(13-4-8-15(22-3)9-5-13)18-17(21)19(10-11-20)14-6-7-14/h4-5,8-9,12,14,16,20H,6-7,10-11H2,1-3H3,(H,18,21). The van der Waals surface area contributed by atoms with Crippen molar-refractivity contribution in [1.29, 1.82) is 0 Å². The second-order valence-corrected chi connectivity index (χ2v) is 6.09. The molecule has 122 valence electrons. The summed E-state index contributed by atoms with van der Waals surface area (Å²) in [6, 6.07) is 7.92. The quantitative estimate of drug-likeness (QED) is 0.814. The van der Waals surface area contributed by atoms with Crippen LogP contribution in [0.1, 0.15) is 38.3 Å². The molecule has 2 rings (SSSR count). The van der Waals surface area contributed by atoms with Gasteiger partial charge in [0, 0.05) is 12.6 Å². The Labute approximate surface area is 132 Å². The van der Waals surface area contributed by atoms with Crippen molar-refractivity contribution < 1.29 is 14.6 Å². The van der Waals surface area contributed by atoms with Crippen LogP contribution in [0, 0.1) is 5.92 Å². The molecule has 0 spiro atoms. The number of aliphatic hydroxyl groups is 1. The first-order valence-corrected chi connectivity index (χ1v) is 7.88. The SMILES string of the molecule is COc1ccc(C(NC(=O)N(CCO)C2CC2)C(C)C)cc1. The minimum atomic E-state index is -0.0916. The Morgan fingerprint density at radius 2 is 2.00 bits per heavy atom. The Bertz CT molecular complexity index is 483. The van der Waals surface area contributed by atoms with E-state index in [9.17, 15) is 4.79 Å². The first-order chi connectivity index (χ1) is 10.6. The van der Waals surface area contributed by atoms with Gasteiger partial charge in [-0.1, -0.05) is 26.0 Å². The number of carbonyl (C=O) groups excluding carboxylic acids is 1. The Balaban J connectivity index is 2.08. The molecule has 1 atom stereocenters. The van der Waals surface area contributed by atoms with Gasteiger partial charge in [0.2, 0.25) is 0 Å². The molecule has 0 aliphatic heterocycles. The van der Waals surface area contributed by atoms with Gasteiger partial charge < -0.3 is 20.1 Å². The number of urea groups is 1.